The van der Waals surface area contributed by atoms with Crippen LogP contribution in [0.3, 0.4) is 0 Å². The summed E-state index contributed by atoms with van der Waals surface area (Å²) >= 11 is 0. The molecular weight excluding hydrogens is 200 g/mol. The van der Waals surface area contributed by atoms with Crippen molar-refractivity contribution in [2.24, 2.45) is 0 Å². The lowest BCUT2D eigenvalue weighted by Crippen LogP contribution is -2.31. The standard InChI is InChI=1S/C13H20N2O/c1-9-10(2)15-12(11(3)14-9)13(16)7-5-4-6-8-13/h16H,4-8H2,1-3H3. The largest absolute Gasteiger partial charge is 0.383 e. The maximum absolute atomic E-state index is 10.6. The molecule has 3 heteroatoms. The summed E-state index contributed by atoms with van der Waals surface area (Å²) in [5.74, 6) is 0. The molecule has 1 N–H and O–H groups in total. The van der Waals surface area contributed by atoms with Crippen molar-refractivity contribution in [3.8, 4) is 0 Å². The third-order valence-corrected chi connectivity index (χ3v) is 3.60. The van der Waals surface area contributed by atoms with Crippen molar-refractivity contribution in [1.29, 1.82) is 0 Å². The van der Waals surface area contributed by atoms with E-state index >= 15 is 0 Å². The van der Waals surface area contributed by atoms with Crippen LogP contribution in [0.25, 0.3) is 0 Å². The summed E-state index contributed by atoms with van der Waals surface area (Å²) in [5, 5.41) is 10.6. The van der Waals surface area contributed by atoms with Crippen molar-refractivity contribution < 1.29 is 5.11 Å². The Kier molecular flexibility index (Phi) is 2.98. The summed E-state index contributed by atoms with van der Waals surface area (Å²) in [7, 11) is 0. The predicted octanol–water partition coefficient (Wildman–Crippen LogP) is 2.55. The summed E-state index contributed by atoms with van der Waals surface area (Å²) < 4.78 is 0. The van der Waals surface area contributed by atoms with E-state index in [2.05, 4.69) is 9.97 Å². The molecule has 0 saturated heterocycles. The van der Waals surface area contributed by atoms with Gasteiger partial charge in [0.05, 0.1) is 22.8 Å². The van der Waals surface area contributed by atoms with Gasteiger partial charge in [-0.25, -0.2) is 0 Å². The molecule has 1 aromatic rings. The highest BCUT2D eigenvalue weighted by atomic mass is 16.3. The molecule has 2 rings (SSSR count). The lowest BCUT2D eigenvalue weighted by molar-refractivity contribution is -0.00578. The number of rotatable bonds is 1. The number of hydrogen-bond acceptors (Lipinski definition) is 3. The second-order valence-electron chi connectivity index (χ2n) is 4.92. The minimum atomic E-state index is -0.728. The fourth-order valence-electron chi connectivity index (χ4n) is 2.53. The Bertz CT molecular complexity index is 395. The number of aromatic nitrogens is 2. The van der Waals surface area contributed by atoms with Crippen LogP contribution in [0.2, 0.25) is 0 Å². The van der Waals surface area contributed by atoms with Crippen LogP contribution in [0.4, 0.5) is 0 Å². The molecule has 0 atom stereocenters. The highest BCUT2D eigenvalue weighted by molar-refractivity contribution is 5.23. The molecule has 0 aliphatic heterocycles. The van der Waals surface area contributed by atoms with Crippen LogP contribution in [0.1, 0.15) is 54.9 Å². The maximum Gasteiger partial charge on any atom is 0.108 e. The average Bonchev–Trinajstić information content (AvgIpc) is 2.24. The predicted molar refractivity (Wildman–Crippen MR) is 63.2 cm³/mol. The first-order chi connectivity index (χ1) is 7.53. The molecule has 1 aliphatic rings. The summed E-state index contributed by atoms with van der Waals surface area (Å²) in [5.41, 5.74) is 2.84. The molecule has 1 heterocycles. The van der Waals surface area contributed by atoms with Gasteiger partial charge in [0.25, 0.3) is 0 Å². The van der Waals surface area contributed by atoms with Gasteiger partial charge in [-0.1, -0.05) is 19.3 Å². The van der Waals surface area contributed by atoms with Crippen molar-refractivity contribution in [2.45, 2.75) is 58.5 Å². The number of aliphatic hydroxyl groups is 1. The number of aryl methyl sites for hydroxylation is 3. The van der Waals surface area contributed by atoms with Gasteiger partial charge in [0.2, 0.25) is 0 Å². The highest BCUT2D eigenvalue weighted by Crippen LogP contribution is 2.37. The van der Waals surface area contributed by atoms with Crippen LogP contribution >= 0.6 is 0 Å². The molecule has 0 amide bonds. The first kappa shape index (κ1) is 11.5. The van der Waals surface area contributed by atoms with Gasteiger partial charge in [-0.2, -0.15) is 0 Å². The SMILES string of the molecule is Cc1nc(C)c(C2(O)CCCCC2)nc1C. The molecule has 0 unspecified atom stereocenters. The van der Waals surface area contributed by atoms with Gasteiger partial charge in [0.15, 0.2) is 0 Å². The van der Waals surface area contributed by atoms with Crippen molar-refractivity contribution >= 4 is 0 Å². The molecule has 1 aliphatic carbocycles. The van der Waals surface area contributed by atoms with Crippen LogP contribution in [-0.4, -0.2) is 15.1 Å². The van der Waals surface area contributed by atoms with Crippen molar-refractivity contribution in [1.82, 2.24) is 9.97 Å². The Balaban J connectivity index is 2.42. The molecule has 0 bridgehead atoms. The minimum Gasteiger partial charge on any atom is -0.383 e. The Labute approximate surface area is 96.9 Å². The van der Waals surface area contributed by atoms with E-state index in [0.29, 0.717) is 0 Å². The summed E-state index contributed by atoms with van der Waals surface area (Å²) in [6.45, 7) is 5.86. The quantitative estimate of drug-likeness (QED) is 0.791. The van der Waals surface area contributed by atoms with Crippen LogP contribution in [0.15, 0.2) is 0 Å². The van der Waals surface area contributed by atoms with E-state index in [1.54, 1.807) is 0 Å². The molecule has 88 valence electrons. The molecule has 0 aromatic carbocycles. The van der Waals surface area contributed by atoms with Crippen LogP contribution in [0.5, 0.6) is 0 Å². The Morgan fingerprint density at radius 3 is 2.06 bits per heavy atom. The van der Waals surface area contributed by atoms with Gasteiger partial charge in [-0.3, -0.25) is 9.97 Å². The summed E-state index contributed by atoms with van der Waals surface area (Å²) in [6, 6.07) is 0. The van der Waals surface area contributed by atoms with Gasteiger partial charge in [0, 0.05) is 0 Å². The molecule has 0 radical (unpaired) electrons. The van der Waals surface area contributed by atoms with Gasteiger partial charge in [0.1, 0.15) is 5.60 Å². The first-order valence-corrected chi connectivity index (χ1v) is 6.08. The fourth-order valence-corrected chi connectivity index (χ4v) is 2.53. The van der Waals surface area contributed by atoms with E-state index in [-0.39, 0.29) is 0 Å². The molecule has 1 aromatic heterocycles. The topological polar surface area (TPSA) is 46.0 Å². The average molecular weight is 220 g/mol. The highest BCUT2D eigenvalue weighted by Gasteiger charge is 2.34. The maximum atomic E-state index is 10.6. The second kappa shape index (κ2) is 4.13. The Morgan fingerprint density at radius 2 is 1.44 bits per heavy atom. The van der Waals surface area contributed by atoms with Gasteiger partial charge >= 0.3 is 0 Å². The third kappa shape index (κ3) is 1.96. The number of hydrogen-bond donors (Lipinski definition) is 1. The normalized spacial score (nSPS) is 19.8. The second-order valence-corrected chi connectivity index (χ2v) is 4.92. The van der Waals surface area contributed by atoms with Crippen molar-refractivity contribution in [3.05, 3.63) is 22.8 Å². The van der Waals surface area contributed by atoms with E-state index in [1.165, 1.54) is 6.42 Å². The lowest BCUT2D eigenvalue weighted by Gasteiger charge is -2.32. The van der Waals surface area contributed by atoms with Crippen LogP contribution < -0.4 is 0 Å². The molecule has 3 nitrogen and oxygen atoms in total. The van der Waals surface area contributed by atoms with E-state index < -0.39 is 5.60 Å². The van der Waals surface area contributed by atoms with E-state index in [1.807, 2.05) is 20.8 Å². The zero-order valence-corrected chi connectivity index (χ0v) is 10.4. The summed E-state index contributed by atoms with van der Waals surface area (Å²) in [4.78, 5) is 9.03. The molecule has 1 saturated carbocycles. The minimum absolute atomic E-state index is 0.728. The van der Waals surface area contributed by atoms with Gasteiger partial charge in [-0.05, 0) is 33.6 Å². The zero-order valence-electron chi connectivity index (χ0n) is 10.4. The smallest absolute Gasteiger partial charge is 0.108 e. The van der Waals surface area contributed by atoms with E-state index in [4.69, 9.17) is 0 Å². The first-order valence-electron chi connectivity index (χ1n) is 6.08. The van der Waals surface area contributed by atoms with Crippen LogP contribution in [0, 0.1) is 20.8 Å². The molecular formula is C13H20N2O. The van der Waals surface area contributed by atoms with E-state index in [9.17, 15) is 5.11 Å². The third-order valence-electron chi connectivity index (χ3n) is 3.60. The zero-order chi connectivity index (χ0) is 11.8. The fraction of sp³-hybridized carbons (Fsp3) is 0.692. The number of nitrogens with zero attached hydrogens (tertiary/aromatic N) is 2. The van der Waals surface area contributed by atoms with Crippen molar-refractivity contribution in [2.75, 3.05) is 0 Å². The Hall–Kier alpha value is -0.960. The van der Waals surface area contributed by atoms with Gasteiger partial charge in [-0.15, -0.1) is 0 Å². The lowest BCUT2D eigenvalue weighted by atomic mass is 9.81. The molecule has 0 spiro atoms. The summed E-state index contributed by atoms with van der Waals surface area (Å²) in [6.07, 6.45) is 5.05. The van der Waals surface area contributed by atoms with Crippen LogP contribution in [-0.2, 0) is 5.60 Å². The Morgan fingerprint density at radius 1 is 0.875 bits per heavy atom. The van der Waals surface area contributed by atoms with E-state index in [0.717, 1.165) is 48.5 Å². The molecule has 1 fully saturated rings. The molecule has 16 heavy (non-hydrogen) atoms. The monoisotopic (exact) mass is 220 g/mol. The van der Waals surface area contributed by atoms with Crippen molar-refractivity contribution in [3.63, 3.8) is 0 Å². The van der Waals surface area contributed by atoms with Gasteiger partial charge < -0.3 is 5.11 Å².